The number of amides is 1. The van der Waals surface area contributed by atoms with Crippen LogP contribution in [0.25, 0.3) is 10.6 Å². The smallest absolute Gasteiger partial charge is 0.259 e. The molecule has 2 aromatic heterocycles. The van der Waals surface area contributed by atoms with Gasteiger partial charge in [-0.05, 0) is 36.2 Å². The van der Waals surface area contributed by atoms with Gasteiger partial charge in [0, 0.05) is 16.4 Å². The van der Waals surface area contributed by atoms with Crippen molar-refractivity contribution in [1.29, 1.82) is 0 Å². The van der Waals surface area contributed by atoms with Gasteiger partial charge in [0.15, 0.2) is 0 Å². The van der Waals surface area contributed by atoms with E-state index in [2.05, 4.69) is 17.4 Å². The lowest BCUT2D eigenvalue weighted by Gasteiger charge is -2.05. The van der Waals surface area contributed by atoms with Crippen molar-refractivity contribution >= 4 is 34.7 Å². The van der Waals surface area contributed by atoms with Crippen molar-refractivity contribution in [3.05, 3.63) is 57.4 Å². The minimum absolute atomic E-state index is 0.0139. The Morgan fingerprint density at radius 3 is 2.92 bits per heavy atom. The number of nitrogen functional groups attached to an aromatic ring is 1. The highest BCUT2D eigenvalue weighted by atomic mass is 35.5. The zero-order valence-electron chi connectivity index (χ0n) is 13.0. The van der Waals surface area contributed by atoms with E-state index in [0.29, 0.717) is 17.3 Å². The van der Waals surface area contributed by atoms with Crippen LogP contribution in [-0.4, -0.2) is 11.1 Å². The Hall–Kier alpha value is -2.31. The summed E-state index contributed by atoms with van der Waals surface area (Å²) < 4.78 is 5.04. The third-order valence-electron chi connectivity index (χ3n) is 3.53. The summed E-state index contributed by atoms with van der Waals surface area (Å²) >= 11 is 7.52. The Balaban J connectivity index is 1.81. The van der Waals surface area contributed by atoms with Crippen LogP contribution in [0.1, 0.15) is 27.7 Å². The molecule has 0 saturated carbocycles. The number of hydrogen-bond donors (Lipinski definition) is 2. The first-order chi connectivity index (χ1) is 11.6. The van der Waals surface area contributed by atoms with Crippen molar-refractivity contribution in [1.82, 2.24) is 10.5 Å². The monoisotopic (exact) mass is 361 g/mol. The van der Waals surface area contributed by atoms with Crippen LogP contribution in [-0.2, 0) is 13.0 Å². The van der Waals surface area contributed by atoms with Gasteiger partial charge >= 0.3 is 0 Å². The predicted molar refractivity (Wildman–Crippen MR) is 96.2 cm³/mol. The van der Waals surface area contributed by atoms with E-state index < -0.39 is 0 Å². The molecule has 5 nitrogen and oxygen atoms in total. The predicted octanol–water partition coefficient (Wildman–Crippen LogP) is 4.13. The van der Waals surface area contributed by atoms with Crippen molar-refractivity contribution in [2.24, 2.45) is 0 Å². The van der Waals surface area contributed by atoms with Crippen LogP contribution in [0.15, 0.2) is 40.9 Å². The maximum absolute atomic E-state index is 12.5. The molecule has 0 aliphatic heterocycles. The molecule has 0 spiro atoms. The third kappa shape index (κ3) is 3.44. The number of nitrogens with two attached hydrogens (primary N) is 1. The highest BCUT2D eigenvalue weighted by molar-refractivity contribution is 7.15. The number of carbonyl (C=O) groups excluding carboxylic acids is 1. The van der Waals surface area contributed by atoms with E-state index in [1.54, 1.807) is 23.5 Å². The van der Waals surface area contributed by atoms with E-state index in [9.17, 15) is 4.79 Å². The lowest BCUT2D eigenvalue weighted by Crippen LogP contribution is -2.23. The summed E-state index contributed by atoms with van der Waals surface area (Å²) in [6.45, 7) is 2.42. The third-order valence-corrected chi connectivity index (χ3v) is 5.00. The molecule has 0 radical (unpaired) electrons. The van der Waals surface area contributed by atoms with Crippen LogP contribution in [0.2, 0.25) is 5.02 Å². The molecule has 0 aliphatic carbocycles. The fraction of sp³-hybridized carbons (Fsp3) is 0.176. The van der Waals surface area contributed by atoms with Gasteiger partial charge in [-0.3, -0.25) is 4.79 Å². The van der Waals surface area contributed by atoms with Gasteiger partial charge in [-0.2, -0.15) is 0 Å². The van der Waals surface area contributed by atoms with Crippen molar-refractivity contribution < 1.29 is 9.32 Å². The van der Waals surface area contributed by atoms with Gasteiger partial charge in [-0.15, -0.1) is 11.3 Å². The van der Waals surface area contributed by atoms with Crippen LogP contribution in [0.4, 0.5) is 5.88 Å². The zero-order valence-corrected chi connectivity index (χ0v) is 14.6. The molecule has 24 heavy (non-hydrogen) atoms. The van der Waals surface area contributed by atoms with E-state index in [0.717, 1.165) is 16.9 Å². The fourth-order valence-electron chi connectivity index (χ4n) is 2.30. The molecule has 1 amide bonds. The lowest BCUT2D eigenvalue weighted by atomic mass is 10.1. The van der Waals surface area contributed by atoms with Crippen LogP contribution < -0.4 is 11.1 Å². The van der Waals surface area contributed by atoms with E-state index in [1.807, 2.05) is 24.3 Å². The van der Waals surface area contributed by atoms with Crippen molar-refractivity contribution in [2.75, 3.05) is 5.73 Å². The van der Waals surface area contributed by atoms with Gasteiger partial charge in [-0.25, -0.2) is 0 Å². The fourth-order valence-corrected chi connectivity index (χ4v) is 3.45. The molecule has 0 bridgehead atoms. The molecule has 7 heteroatoms. The summed E-state index contributed by atoms with van der Waals surface area (Å²) in [6, 6.07) is 11.2. The van der Waals surface area contributed by atoms with Crippen LogP contribution in [0.5, 0.6) is 0 Å². The number of aryl methyl sites for hydroxylation is 1. The summed E-state index contributed by atoms with van der Waals surface area (Å²) in [4.78, 5) is 14.6. The Morgan fingerprint density at radius 2 is 2.21 bits per heavy atom. The number of carbonyl (C=O) groups is 1. The second kappa shape index (κ2) is 7.07. The second-order valence-electron chi connectivity index (χ2n) is 5.20. The summed E-state index contributed by atoms with van der Waals surface area (Å²) in [5.41, 5.74) is 7.44. The van der Waals surface area contributed by atoms with Gasteiger partial charge in [0.05, 0.1) is 4.88 Å². The van der Waals surface area contributed by atoms with Gasteiger partial charge in [0.25, 0.3) is 5.91 Å². The standard InChI is InChI=1S/C17H16ClN3O2S/c1-2-12-6-7-13(24-12)15-14(16(19)23-21-15)17(22)20-9-10-4-3-5-11(18)8-10/h3-8H,2,9,19H2,1H3,(H,20,22). The van der Waals surface area contributed by atoms with E-state index in [4.69, 9.17) is 21.9 Å². The number of anilines is 1. The summed E-state index contributed by atoms with van der Waals surface area (Å²) in [6.07, 6.45) is 0.925. The summed E-state index contributed by atoms with van der Waals surface area (Å²) in [7, 11) is 0. The van der Waals surface area contributed by atoms with Gasteiger partial charge in [-0.1, -0.05) is 35.8 Å². The Labute approximate surface area is 148 Å². The first kappa shape index (κ1) is 16.5. The number of thiophene rings is 1. The number of halogens is 1. The van der Waals surface area contributed by atoms with Crippen molar-refractivity contribution in [3.63, 3.8) is 0 Å². The highest BCUT2D eigenvalue weighted by Crippen LogP contribution is 2.32. The molecule has 0 saturated heterocycles. The van der Waals surface area contributed by atoms with E-state index in [1.165, 1.54) is 4.88 Å². The van der Waals surface area contributed by atoms with Crippen LogP contribution in [0.3, 0.4) is 0 Å². The first-order valence-corrected chi connectivity index (χ1v) is 8.64. The molecule has 124 valence electrons. The van der Waals surface area contributed by atoms with Crippen LogP contribution >= 0.6 is 22.9 Å². The minimum Gasteiger partial charge on any atom is -0.367 e. The number of hydrogen-bond acceptors (Lipinski definition) is 5. The van der Waals surface area contributed by atoms with Gasteiger partial charge in [0.1, 0.15) is 11.3 Å². The van der Waals surface area contributed by atoms with E-state index >= 15 is 0 Å². The Morgan fingerprint density at radius 1 is 1.38 bits per heavy atom. The normalized spacial score (nSPS) is 10.8. The van der Waals surface area contributed by atoms with Crippen molar-refractivity contribution in [2.45, 2.75) is 19.9 Å². The number of benzene rings is 1. The number of nitrogens with one attached hydrogen (secondary N) is 1. The minimum atomic E-state index is -0.324. The number of nitrogens with zero attached hydrogens (tertiary/aromatic N) is 1. The number of aromatic nitrogens is 1. The second-order valence-corrected chi connectivity index (χ2v) is 6.81. The molecule has 3 rings (SSSR count). The maximum Gasteiger partial charge on any atom is 0.259 e. The molecule has 2 heterocycles. The Kier molecular flexibility index (Phi) is 4.87. The largest absolute Gasteiger partial charge is 0.367 e. The summed E-state index contributed by atoms with van der Waals surface area (Å²) in [5, 5.41) is 7.40. The highest BCUT2D eigenvalue weighted by Gasteiger charge is 2.23. The molecule has 0 atom stereocenters. The molecule has 3 aromatic rings. The average Bonchev–Trinajstić information content (AvgIpc) is 3.19. The molecule has 3 N–H and O–H groups in total. The number of rotatable bonds is 5. The molecule has 1 aromatic carbocycles. The molecule has 0 fully saturated rings. The van der Waals surface area contributed by atoms with Crippen LogP contribution in [0, 0.1) is 0 Å². The van der Waals surface area contributed by atoms with Gasteiger partial charge < -0.3 is 15.6 Å². The molecule has 0 unspecified atom stereocenters. The van der Waals surface area contributed by atoms with E-state index in [-0.39, 0.29) is 17.4 Å². The van der Waals surface area contributed by atoms with Gasteiger partial charge in [0.2, 0.25) is 5.88 Å². The molecular weight excluding hydrogens is 346 g/mol. The Bertz CT molecular complexity index is 872. The quantitative estimate of drug-likeness (QED) is 0.715. The topological polar surface area (TPSA) is 81.2 Å². The zero-order chi connectivity index (χ0) is 17.1. The summed E-state index contributed by atoms with van der Waals surface area (Å²) in [5.74, 6) is -0.310. The molecule has 0 aliphatic rings. The lowest BCUT2D eigenvalue weighted by molar-refractivity contribution is 0.0952. The molecular formula is C17H16ClN3O2S. The maximum atomic E-state index is 12.5. The SMILES string of the molecule is CCc1ccc(-c2noc(N)c2C(=O)NCc2cccc(Cl)c2)s1. The first-order valence-electron chi connectivity index (χ1n) is 7.45. The average molecular weight is 362 g/mol. The van der Waals surface area contributed by atoms with Crippen molar-refractivity contribution in [3.8, 4) is 10.6 Å².